The standard InChI is InChI=1S/C18H25ClN4O3/c1-21(11-12-5-7-14(25-3)17(26-4)16(12)19)13-6-8-15-20-22(2)18(24)23(15)10-9-13/h5,7,13H,6,8-11H2,1-4H3/t13-/m0/s1. The van der Waals surface area contributed by atoms with Gasteiger partial charge in [-0.25, -0.2) is 9.48 Å². The van der Waals surface area contributed by atoms with Crippen LogP contribution in [0.15, 0.2) is 16.9 Å². The predicted octanol–water partition coefficient (Wildman–Crippen LogP) is 2.09. The fraction of sp³-hybridized carbons (Fsp3) is 0.556. The number of nitrogens with zero attached hydrogens (tertiary/aromatic N) is 4. The van der Waals surface area contributed by atoms with Crippen molar-refractivity contribution in [3.05, 3.63) is 39.0 Å². The van der Waals surface area contributed by atoms with Crippen LogP contribution in [0.25, 0.3) is 0 Å². The minimum absolute atomic E-state index is 0.0359. The molecule has 0 fully saturated rings. The van der Waals surface area contributed by atoms with Crippen LogP contribution in [0.4, 0.5) is 0 Å². The SMILES string of the molecule is COc1ccc(CN(C)[C@H]2CCc3nn(C)c(=O)n3CC2)c(Cl)c1OC. The second-order valence-corrected chi connectivity index (χ2v) is 7.02. The third-order valence-corrected chi connectivity index (χ3v) is 5.49. The van der Waals surface area contributed by atoms with E-state index in [-0.39, 0.29) is 5.69 Å². The largest absolute Gasteiger partial charge is 0.493 e. The average Bonchev–Trinajstić information content (AvgIpc) is 2.79. The summed E-state index contributed by atoms with van der Waals surface area (Å²) in [6.45, 7) is 1.39. The molecule has 1 aliphatic rings. The van der Waals surface area contributed by atoms with Crippen molar-refractivity contribution < 1.29 is 9.47 Å². The minimum atomic E-state index is -0.0359. The number of ether oxygens (including phenoxy) is 2. The van der Waals surface area contributed by atoms with Crippen LogP contribution < -0.4 is 15.2 Å². The van der Waals surface area contributed by atoms with Crippen molar-refractivity contribution >= 4 is 11.6 Å². The Morgan fingerprint density at radius 3 is 2.77 bits per heavy atom. The van der Waals surface area contributed by atoms with Gasteiger partial charge in [0.15, 0.2) is 11.5 Å². The van der Waals surface area contributed by atoms with Gasteiger partial charge in [0, 0.05) is 32.6 Å². The Morgan fingerprint density at radius 2 is 2.08 bits per heavy atom. The van der Waals surface area contributed by atoms with Gasteiger partial charge in [-0.05, 0) is 31.5 Å². The van der Waals surface area contributed by atoms with Crippen molar-refractivity contribution in [1.29, 1.82) is 0 Å². The normalized spacial score (nSPS) is 17.1. The maximum atomic E-state index is 12.1. The van der Waals surface area contributed by atoms with E-state index in [4.69, 9.17) is 21.1 Å². The molecule has 142 valence electrons. The highest BCUT2D eigenvalue weighted by molar-refractivity contribution is 6.33. The van der Waals surface area contributed by atoms with Gasteiger partial charge < -0.3 is 9.47 Å². The highest BCUT2D eigenvalue weighted by Crippen LogP contribution is 2.38. The highest BCUT2D eigenvalue weighted by Gasteiger charge is 2.24. The van der Waals surface area contributed by atoms with E-state index in [0.29, 0.717) is 35.7 Å². The Labute approximate surface area is 158 Å². The number of aromatic nitrogens is 3. The van der Waals surface area contributed by atoms with Gasteiger partial charge in [0.25, 0.3) is 0 Å². The molecule has 1 atom stereocenters. The summed E-state index contributed by atoms with van der Waals surface area (Å²) in [5.74, 6) is 2.06. The molecule has 0 saturated carbocycles. The van der Waals surface area contributed by atoms with Crippen LogP contribution in [0.1, 0.15) is 24.2 Å². The van der Waals surface area contributed by atoms with E-state index in [1.54, 1.807) is 25.8 Å². The smallest absolute Gasteiger partial charge is 0.345 e. The van der Waals surface area contributed by atoms with Crippen LogP contribution in [-0.4, -0.2) is 46.6 Å². The summed E-state index contributed by atoms with van der Waals surface area (Å²) < 4.78 is 13.9. The van der Waals surface area contributed by atoms with E-state index in [1.807, 2.05) is 12.1 Å². The van der Waals surface area contributed by atoms with Gasteiger partial charge in [-0.3, -0.25) is 9.47 Å². The minimum Gasteiger partial charge on any atom is -0.493 e. The lowest BCUT2D eigenvalue weighted by molar-refractivity contribution is 0.209. The molecule has 2 aromatic rings. The second-order valence-electron chi connectivity index (χ2n) is 6.64. The molecule has 0 spiro atoms. The quantitative estimate of drug-likeness (QED) is 0.794. The first-order valence-electron chi connectivity index (χ1n) is 8.68. The molecule has 0 radical (unpaired) electrons. The lowest BCUT2D eigenvalue weighted by atomic mass is 10.1. The maximum absolute atomic E-state index is 12.1. The van der Waals surface area contributed by atoms with Gasteiger partial charge in [0.1, 0.15) is 5.82 Å². The maximum Gasteiger partial charge on any atom is 0.345 e. The molecule has 0 aliphatic carbocycles. The van der Waals surface area contributed by atoms with E-state index in [2.05, 4.69) is 17.0 Å². The Kier molecular flexibility index (Phi) is 5.58. The molecule has 0 unspecified atom stereocenters. The van der Waals surface area contributed by atoms with Crippen molar-refractivity contribution in [3.8, 4) is 11.5 Å². The summed E-state index contributed by atoms with van der Waals surface area (Å²) in [7, 11) is 6.97. The number of hydrogen-bond acceptors (Lipinski definition) is 5. The van der Waals surface area contributed by atoms with E-state index in [1.165, 1.54) is 4.68 Å². The van der Waals surface area contributed by atoms with Crippen LogP contribution >= 0.6 is 11.6 Å². The van der Waals surface area contributed by atoms with E-state index in [9.17, 15) is 4.79 Å². The van der Waals surface area contributed by atoms with Crippen molar-refractivity contribution in [2.75, 3.05) is 21.3 Å². The molecule has 1 aromatic heterocycles. The topological polar surface area (TPSA) is 61.5 Å². The van der Waals surface area contributed by atoms with Crippen molar-refractivity contribution in [2.45, 2.75) is 38.4 Å². The summed E-state index contributed by atoms with van der Waals surface area (Å²) in [6, 6.07) is 4.20. The number of aryl methyl sites for hydroxylation is 2. The summed E-state index contributed by atoms with van der Waals surface area (Å²) in [6.07, 6.45) is 2.66. The van der Waals surface area contributed by atoms with Crippen molar-refractivity contribution in [3.63, 3.8) is 0 Å². The average molecular weight is 381 g/mol. The molecule has 26 heavy (non-hydrogen) atoms. The summed E-state index contributed by atoms with van der Waals surface area (Å²) in [5, 5.41) is 4.92. The number of methoxy groups -OCH3 is 2. The van der Waals surface area contributed by atoms with Crippen LogP contribution in [0.5, 0.6) is 11.5 Å². The summed E-state index contributed by atoms with van der Waals surface area (Å²) >= 11 is 6.51. The van der Waals surface area contributed by atoms with Gasteiger partial charge in [-0.1, -0.05) is 17.7 Å². The molecule has 8 heteroatoms. The fourth-order valence-corrected chi connectivity index (χ4v) is 3.87. The Morgan fingerprint density at radius 1 is 1.31 bits per heavy atom. The van der Waals surface area contributed by atoms with Crippen LogP contribution in [0.2, 0.25) is 5.02 Å². The van der Waals surface area contributed by atoms with Crippen molar-refractivity contribution in [2.24, 2.45) is 7.05 Å². The molecule has 3 rings (SSSR count). The van der Waals surface area contributed by atoms with Gasteiger partial charge >= 0.3 is 5.69 Å². The highest BCUT2D eigenvalue weighted by atomic mass is 35.5. The number of rotatable bonds is 5. The Balaban J connectivity index is 1.73. The Hall–Kier alpha value is -1.99. The zero-order chi connectivity index (χ0) is 18.8. The first-order chi connectivity index (χ1) is 12.5. The lowest BCUT2D eigenvalue weighted by Gasteiger charge is -2.27. The third kappa shape index (κ3) is 3.46. The predicted molar refractivity (Wildman–Crippen MR) is 100 cm³/mol. The van der Waals surface area contributed by atoms with E-state index in [0.717, 1.165) is 30.7 Å². The number of fused-ring (bicyclic) bond motifs is 1. The fourth-order valence-electron chi connectivity index (χ4n) is 3.57. The lowest BCUT2D eigenvalue weighted by Crippen LogP contribution is -2.32. The second kappa shape index (κ2) is 7.72. The van der Waals surface area contributed by atoms with Gasteiger partial charge in [0.05, 0.1) is 19.2 Å². The molecule has 2 heterocycles. The first kappa shape index (κ1) is 18.8. The first-order valence-corrected chi connectivity index (χ1v) is 9.06. The summed E-state index contributed by atoms with van der Waals surface area (Å²) in [4.78, 5) is 14.4. The molecular weight excluding hydrogens is 356 g/mol. The van der Waals surface area contributed by atoms with Crippen LogP contribution in [0, 0.1) is 0 Å². The van der Waals surface area contributed by atoms with Crippen molar-refractivity contribution in [1.82, 2.24) is 19.2 Å². The molecular formula is C18H25ClN4O3. The van der Waals surface area contributed by atoms with Gasteiger partial charge in [-0.2, -0.15) is 5.10 Å². The summed E-state index contributed by atoms with van der Waals surface area (Å²) in [5.41, 5.74) is 0.955. The molecule has 0 amide bonds. The van der Waals surface area contributed by atoms with E-state index < -0.39 is 0 Å². The van der Waals surface area contributed by atoms with Gasteiger partial charge in [-0.15, -0.1) is 0 Å². The number of hydrogen-bond donors (Lipinski definition) is 0. The Bertz CT molecular complexity index is 846. The number of benzene rings is 1. The zero-order valence-corrected chi connectivity index (χ0v) is 16.4. The molecule has 0 bridgehead atoms. The van der Waals surface area contributed by atoms with Gasteiger partial charge in [0.2, 0.25) is 0 Å². The molecule has 0 N–H and O–H groups in total. The molecule has 0 saturated heterocycles. The zero-order valence-electron chi connectivity index (χ0n) is 15.7. The van der Waals surface area contributed by atoms with Crippen LogP contribution in [-0.2, 0) is 26.6 Å². The molecule has 1 aliphatic heterocycles. The molecule has 7 nitrogen and oxygen atoms in total. The monoisotopic (exact) mass is 380 g/mol. The third-order valence-electron chi connectivity index (χ3n) is 5.08. The number of halogens is 1. The molecule has 1 aromatic carbocycles. The van der Waals surface area contributed by atoms with Crippen LogP contribution in [0.3, 0.4) is 0 Å². The van der Waals surface area contributed by atoms with E-state index >= 15 is 0 Å².